The number of fused-ring (bicyclic) bond motifs is 1. The van der Waals surface area contributed by atoms with Crippen molar-refractivity contribution in [3.05, 3.63) is 46.2 Å². The summed E-state index contributed by atoms with van der Waals surface area (Å²) in [6, 6.07) is 8.88. The van der Waals surface area contributed by atoms with Gasteiger partial charge in [-0.25, -0.2) is 4.90 Å². The van der Waals surface area contributed by atoms with Crippen molar-refractivity contribution in [3.63, 3.8) is 0 Å². The molecule has 110 valence electrons. The van der Waals surface area contributed by atoms with Crippen LogP contribution in [-0.2, 0) is 9.59 Å². The molecule has 0 unspecified atom stereocenters. The van der Waals surface area contributed by atoms with E-state index in [9.17, 15) is 9.59 Å². The molecule has 0 bridgehead atoms. The number of benzene rings is 1. The van der Waals surface area contributed by atoms with E-state index < -0.39 is 0 Å². The molecule has 2 aliphatic rings. The van der Waals surface area contributed by atoms with Gasteiger partial charge in [0.15, 0.2) is 11.5 Å². The highest BCUT2D eigenvalue weighted by Crippen LogP contribution is 2.37. The minimum absolute atomic E-state index is 0.116. The van der Waals surface area contributed by atoms with E-state index in [1.165, 1.54) is 16.2 Å². The van der Waals surface area contributed by atoms with Crippen molar-refractivity contribution < 1.29 is 19.1 Å². The van der Waals surface area contributed by atoms with E-state index in [0.29, 0.717) is 22.8 Å². The van der Waals surface area contributed by atoms with Crippen molar-refractivity contribution in [3.8, 4) is 11.5 Å². The van der Waals surface area contributed by atoms with Crippen LogP contribution in [0.15, 0.2) is 41.3 Å². The lowest BCUT2D eigenvalue weighted by atomic mass is 10.2. The third-order valence-corrected chi connectivity index (χ3v) is 4.36. The van der Waals surface area contributed by atoms with Gasteiger partial charge in [-0.2, -0.15) is 0 Å². The number of carbonyl (C=O) groups excluding carboxylic acids is 2. The number of amides is 2. The normalized spacial score (nSPS) is 18.5. The van der Waals surface area contributed by atoms with E-state index in [1.807, 2.05) is 17.5 Å². The van der Waals surface area contributed by atoms with E-state index in [0.717, 1.165) is 4.88 Å². The summed E-state index contributed by atoms with van der Waals surface area (Å²) in [5.74, 6) is 0.662. The second-order valence-corrected chi connectivity index (χ2v) is 5.91. The van der Waals surface area contributed by atoms with Crippen molar-refractivity contribution in [1.29, 1.82) is 0 Å². The Balaban J connectivity index is 1.68. The predicted molar refractivity (Wildman–Crippen MR) is 82.0 cm³/mol. The minimum Gasteiger partial charge on any atom is -0.454 e. The molecule has 3 heterocycles. The minimum atomic E-state index is -0.280. The Morgan fingerprint density at radius 1 is 1.14 bits per heavy atom. The van der Waals surface area contributed by atoms with Gasteiger partial charge >= 0.3 is 0 Å². The fourth-order valence-corrected chi connectivity index (χ4v) is 3.20. The van der Waals surface area contributed by atoms with Gasteiger partial charge in [-0.1, -0.05) is 6.07 Å². The number of imide groups is 1. The van der Waals surface area contributed by atoms with Crippen LogP contribution in [0.2, 0.25) is 0 Å². The second-order valence-electron chi connectivity index (χ2n) is 4.93. The lowest BCUT2D eigenvalue weighted by Gasteiger charge is -2.13. The number of anilines is 1. The maximum atomic E-state index is 12.5. The zero-order chi connectivity index (χ0) is 15.1. The number of hydrogen-bond acceptors (Lipinski definition) is 5. The van der Waals surface area contributed by atoms with Gasteiger partial charge < -0.3 is 9.47 Å². The van der Waals surface area contributed by atoms with Crippen LogP contribution in [0.1, 0.15) is 11.3 Å². The fourth-order valence-electron chi connectivity index (χ4n) is 2.52. The molecular weight excluding hydrogens is 302 g/mol. The zero-order valence-electron chi connectivity index (χ0n) is 11.4. The van der Waals surface area contributed by atoms with Crippen LogP contribution in [0.4, 0.5) is 5.69 Å². The highest BCUT2D eigenvalue weighted by atomic mass is 32.1. The summed E-state index contributed by atoms with van der Waals surface area (Å²) in [5.41, 5.74) is 1.01. The topological polar surface area (TPSA) is 55.8 Å². The molecular formula is C16H11NO4S. The van der Waals surface area contributed by atoms with Crippen LogP contribution in [-0.4, -0.2) is 18.6 Å². The summed E-state index contributed by atoms with van der Waals surface area (Å²) in [7, 11) is 0. The van der Waals surface area contributed by atoms with E-state index in [-0.39, 0.29) is 25.0 Å². The molecule has 5 nitrogen and oxygen atoms in total. The first-order valence-corrected chi connectivity index (χ1v) is 7.61. The lowest BCUT2D eigenvalue weighted by Crippen LogP contribution is -2.28. The number of ether oxygens (including phenoxy) is 2. The Bertz CT molecular complexity index is 794. The summed E-state index contributed by atoms with van der Waals surface area (Å²) in [5, 5.41) is 1.93. The molecule has 4 rings (SSSR count). The molecule has 1 aromatic heterocycles. The molecule has 1 saturated heterocycles. The van der Waals surface area contributed by atoms with Gasteiger partial charge in [0.1, 0.15) is 0 Å². The number of nitrogens with zero attached hydrogens (tertiary/aromatic N) is 1. The molecule has 0 radical (unpaired) electrons. The molecule has 1 fully saturated rings. The number of carbonyl (C=O) groups is 2. The Morgan fingerprint density at radius 3 is 2.82 bits per heavy atom. The first-order valence-electron chi connectivity index (χ1n) is 6.73. The summed E-state index contributed by atoms with van der Waals surface area (Å²) >= 11 is 1.53. The standard InChI is InChI=1S/C16H11NO4S/c18-15-7-10(6-12-2-1-5-22-12)16(19)17(15)11-3-4-13-14(8-11)21-9-20-13/h1-6,8H,7,9H2/b10-6+. The summed E-state index contributed by atoms with van der Waals surface area (Å²) in [6.07, 6.45) is 1.89. The Labute approximate surface area is 130 Å². The molecule has 0 saturated carbocycles. The van der Waals surface area contributed by atoms with Crippen molar-refractivity contribution in [2.45, 2.75) is 6.42 Å². The molecule has 6 heteroatoms. The van der Waals surface area contributed by atoms with Crippen molar-refractivity contribution >= 4 is 34.9 Å². The summed E-state index contributed by atoms with van der Waals surface area (Å²) in [6.45, 7) is 0.157. The van der Waals surface area contributed by atoms with E-state index in [1.54, 1.807) is 24.3 Å². The van der Waals surface area contributed by atoms with Gasteiger partial charge in [0.2, 0.25) is 12.7 Å². The average Bonchev–Trinajstić information content (AvgIpc) is 3.21. The van der Waals surface area contributed by atoms with Gasteiger partial charge in [0, 0.05) is 16.5 Å². The van der Waals surface area contributed by atoms with Crippen LogP contribution >= 0.6 is 11.3 Å². The van der Waals surface area contributed by atoms with Crippen LogP contribution in [0.5, 0.6) is 11.5 Å². The number of rotatable bonds is 2. The van der Waals surface area contributed by atoms with E-state index >= 15 is 0 Å². The largest absolute Gasteiger partial charge is 0.454 e. The van der Waals surface area contributed by atoms with Crippen molar-refractivity contribution in [2.75, 3.05) is 11.7 Å². The van der Waals surface area contributed by atoms with Gasteiger partial charge in [-0.05, 0) is 29.7 Å². The first kappa shape index (κ1) is 13.1. The van der Waals surface area contributed by atoms with Crippen molar-refractivity contribution in [2.24, 2.45) is 0 Å². The van der Waals surface area contributed by atoms with Crippen LogP contribution in [0.3, 0.4) is 0 Å². The van der Waals surface area contributed by atoms with Crippen LogP contribution in [0.25, 0.3) is 6.08 Å². The molecule has 2 amide bonds. The monoisotopic (exact) mass is 313 g/mol. The zero-order valence-corrected chi connectivity index (χ0v) is 12.3. The Morgan fingerprint density at radius 2 is 2.00 bits per heavy atom. The van der Waals surface area contributed by atoms with Crippen LogP contribution < -0.4 is 14.4 Å². The fraction of sp³-hybridized carbons (Fsp3) is 0.125. The molecule has 0 N–H and O–H groups in total. The smallest absolute Gasteiger partial charge is 0.261 e. The van der Waals surface area contributed by atoms with Crippen LogP contribution in [0, 0.1) is 0 Å². The lowest BCUT2D eigenvalue weighted by molar-refractivity contribution is -0.120. The SMILES string of the molecule is O=C1C/C(=C\c2cccs2)C(=O)N1c1ccc2c(c1)OCO2. The Kier molecular flexibility index (Phi) is 2.97. The molecule has 0 aliphatic carbocycles. The molecule has 22 heavy (non-hydrogen) atoms. The Hall–Kier alpha value is -2.60. The molecule has 0 atom stereocenters. The molecule has 2 aromatic rings. The number of thiophene rings is 1. The predicted octanol–water partition coefficient (Wildman–Crippen LogP) is 2.82. The maximum Gasteiger partial charge on any atom is 0.261 e. The maximum absolute atomic E-state index is 12.5. The van der Waals surface area contributed by atoms with Gasteiger partial charge in [0.05, 0.1) is 12.1 Å². The van der Waals surface area contributed by atoms with E-state index in [2.05, 4.69) is 0 Å². The third-order valence-electron chi connectivity index (χ3n) is 3.54. The molecule has 2 aliphatic heterocycles. The third kappa shape index (κ3) is 2.08. The second kappa shape index (κ2) is 4.99. The van der Waals surface area contributed by atoms with Crippen molar-refractivity contribution in [1.82, 2.24) is 0 Å². The molecule has 0 spiro atoms. The summed E-state index contributed by atoms with van der Waals surface area (Å²) in [4.78, 5) is 26.9. The number of hydrogen-bond donors (Lipinski definition) is 0. The average molecular weight is 313 g/mol. The van der Waals surface area contributed by atoms with E-state index in [4.69, 9.17) is 9.47 Å². The van der Waals surface area contributed by atoms with Gasteiger partial charge in [-0.15, -0.1) is 11.3 Å². The van der Waals surface area contributed by atoms with Gasteiger partial charge in [-0.3, -0.25) is 9.59 Å². The first-order chi connectivity index (χ1) is 10.7. The highest BCUT2D eigenvalue weighted by Gasteiger charge is 2.35. The summed E-state index contributed by atoms with van der Waals surface area (Å²) < 4.78 is 10.5. The quantitative estimate of drug-likeness (QED) is 0.632. The van der Waals surface area contributed by atoms with Gasteiger partial charge in [0.25, 0.3) is 5.91 Å². The highest BCUT2D eigenvalue weighted by molar-refractivity contribution is 7.10. The molecule has 1 aromatic carbocycles.